The van der Waals surface area contributed by atoms with Crippen LogP contribution in [0.4, 0.5) is 0 Å². The molecule has 5 N–H and O–H groups in total. The smallest absolute Gasteiger partial charge is 0.252 e. The fraction of sp³-hybridized carbons (Fsp3) is 0.308. The number of carbonyl (C=O) groups is 4. The van der Waals surface area contributed by atoms with E-state index in [4.69, 9.17) is 10.2 Å². The number of amides is 1. The second kappa shape index (κ2) is 8.00. The molecule has 0 radical (unpaired) electrons. The van der Waals surface area contributed by atoms with Crippen LogP contribution in [0.1, 0.15) is 27.9 Å². The Balaban J connectivity index is 1.72. The molecule has 3 aliphatic rings. The average Bonchev–Trinajstić information content (AvgIpc) is 3.29. The highest BCUT2D eigenvalue weighted by atomic mass is 16.3. The monoisotopic (exact) mass is 492 g/mol. The molecule has 0 spiro atoms. The third-order valence-corrected chi connectivity index (χ3v) is 7.58. The van der Waals surface area contributed by atoms with E-state index in [9.17, 15) is 34.5 Å². The van der Waals surface area contributed by atoms with Gasteiger partial charge in [0.2, 0.25) is 11.6 Å². The van der Waals surface area contributed by atoms with Crippen molar-refractivity contribution in [3.8, 4) is 17.1 Å². The molecular weight excluding hydrogens is 468 g/mol. The van der Waals surface area contributed by atoms with E-state index in [1.54, 1.807) is 25.1 Å². The molecule has 36 heavy (non-hydrogen) atoms. The fourth-order valence-electron chi connectivity index (χ4n) is 5.91. The molecule has 0 saturated heterocycles. The van der Waals surface area contributed by atoms with Crippen LogP contribution in [-0.4, -0.2) is 69.7 Å². The maximum Gasteiger partial charge on any atom is 0.252 e. The van der Waals surface area contributed by atoms with E-state index >= 15 is 0 Å². The van der Waals surface area contributed by atoms with E-state index in [-0.39, 0.29) is 41.1 Å². The van der Waals surface area contributed by atoms with Gasteiger partial charge < -0.3 is 30.4 Å². The van der Waals surface area contributed by atoms with E-state index in [1.807, 2.05) is 0 Å². The molecule has 0 unspecified atom stereocenters. The number of furan rings is 1. The number of primary amides is 1. The summed E-state index contributed by atoms with van der Waals surface area (Å²) < 4.78 is 5.52. The number of aromatic hydroxyl groups is 1. The molecule has 1 aromatic carbocycles. The lowest BCUT2D eigenvalue weighted by molar-refractivity contribution is -0.160. The van der Waals surface area contributed by atoms with E-state index in [0.717, 1.165) is 0 Å². The van der Waals surface area contributed by atoms with Gasteiger partial charge in [-0.2, -0.15) is 0 Å². The van der Waals surface area contributed by atoms with Crippen molar-refractivity contribution in [3.05, 3.63) is 58.4 Å². The summed E-state index contributed by atoms with van der Waals surface area (Å²) in [6.45, 7) is 0. The Morgan fingerprint density at radius 1 is 1.19 bits per heavy atom. The molecule has 5 rings (SSSR count). The molecule has 3 aliphatic carbocycles. The second-order valence-electron chi connectivity index (χ2n) is 9.64. The molecule has 10 heteroatoms. The van der Waals surface area contributed by atoms with Crippen molar-refractivity contribution in [2.75, 3.05) is 14.1 Å². The second-order valence-corrected chi connectivity index (χ2v) is 9.64. The minimum atomic E-state index is -2.61. The molecule has 1 saturated carbocycles. The number of phenolic OH excluding ortho intramolecular Hbond substituents is 1. The number of aliphatic hydroxyl groups is 2. The Kier molecular flexibility index (Phi) is 5.27. The van der Waals surface area contributed by atoms with Gasteiger partial charge in [-0.25, -0.2) is 0 Å². The number of benzene rings is 1. The Bertz CT molecular complexity index is 1410. The maximum atomic E-state index is 13.8. The minimum absolute atomic E-state index is 0.0412. The van der Waals surface area contributed by atoms with Crippen LogP contribution in [0.5, 0.6) is 5.75 Å². The zero-order valence-corrected chi connectivity index (χ0v) is 19.5. The largest absolute Gasteiger partial charge is 0.507 e. The highest BCUT2D eigenvalue weighted by molar-refractivity contribution is 6.32. The van der Waals surface area contributed by atoms with Crippen molar-refractivity contribution in [3.63, 3.8) is 0 Å². The zero-order chi connectivity index (χ0) is 26.1. The van der Waals surface area contributed by atoms with E-state index < -0.39 is 52.3 Å². The summed E-state index contributed by atoms with van der Waals surface area (Å²) >= 11 is 0. The number of phenols is 1. The van der Waals surface area contributed by atoms with Gasteiger partial charge in [0.05, 0.1) is 23.0 Å². The Hall–Kier alpha value is -4.02. The lowest BCUT2D eigenvalue weighted by Gasteiger charge is -2.49. The van der Waals surface area contributed by atoms with Gasteiger partial charge in [0.25, 0.3) is 5.91 Å². The van der Waals surface area contributed by atoms with Crippen molar-refractivity contribution in [2.24, 2.45) is 17.6 Å². The minimum Gasteiger partial charge on any atom is -0.507 e. The van der Waals surface area contributed by atoms with Crippen molar-refractivity contribution >= 4 is 29.5 Å². The quantitative estimate of drug-likeness (QED) is 0.278. The SMILES string of the molecule is CN(C)[C@@H]1C=C(C(N)=O)C(=O)[C@@]2(O)C(=O)C3=C(O)c4c(O)ccc(-c5occc5C=O)c4C[C@H]3C[C@@H]12. The number of Topliss-reactive ketones (excluding diaryl/α,β-unsaturated/α-hetero) is 2. The molecule has 2 aromatic rings. The molecule has 1 amide bonds. The van der Waals surface area contributed by atoms with E-state index in [0.29, 0.717) is 17.4 Å². The molecule has 0 aliphatic heterocycles. The van der Waals surface area contributed by atoms with Gasteiger partial charge in [-0.3, -0.25) is 19.2 Å². The lowest BCUT2D eigenvalue weighted by Crippen LogP contribution is -2.65. The number of ketones is 2. The van der Waals surface area contributed by atoms with E-state index in [2.05, 4.69) is 0 Å². The van der Waals surface area contributed by atoms with Crippen LogP contribution in [0.15, 0.2) is 46.1 Å². The number of aldehydes is 1. The standard InChI is InChI=1S/C26H24N2O8/c1-28(2)17-9-15(25(27)34)23(32)26(35)16(17)8-12-7-14-13(22-11(10-29)5-6-36-22)3-4-18(30)20(14)21(31)19(12)24(26)33/h3-6,9-10,12,16-17,30-31,35H,7-8H2,1-2H3,(H2,27,34)/t12-,16-,17+,26+/m0/s1. The Morgan fingerprint density at radius 3 is 2.56 bits per heavy atom. The third kappa shape index (κ3) is 3.04. The molecule has 0 bridgehead atoms. The van der Waals surface area contributed by atoms with Crippen LogP contribution >= 0.6 is 0 Å². The van der Waals surface area contributed by atoms with E-state index in [1.165, 1.54) is 24.5 Å². The van der Waals surface area contributed by atoms with Crippen LogP contribution in [0, 0.1) is 11.8 Å². The first kappa shape index (κ1) is 23.7. The number of aliphatic hydroxyl groups excluding tert-OH is 1. The fourth-order valence-corrected chi connectivity index (χ4v) is 5.91. The number of hydrogen-bond acceptors (Lipinski definition) is 9. The summed E-state index contributed by atoms with van der Waals surface area (Å²) in [5.41, 5.74) is 3.28. The average molecular weight is 492 g/mol. The molecular formula is C26H24N2O8. The van der Waals surface area contributed by atoms with Gasteiger partial charge in [-0.1, -0.05) is 6.08 Å². The predicted octanol–water partition coefficient (Wildman–Crippen LogP) is 1.15. The number of hydrogen-bond donors (Lipinski definition) is 4. The van der Waals surface area contributed by atoms with Gasteiger partial charge in [0.1, 0.15) is 17.3 Å². The van der Waals surface area contributed by atoms with Crippen molar-refractivity contribution < 1.29 is 38.9 Å². The molecule has 1 aromatic heterocycles. The number of rotatable bonds is 4. The predicted molar refractivity (Wildman–Crippen MR) is 126 cm³/mol. The van der Waals surface area contributed by atoms with Crippen molar-refractivity contribution in [2.45, 2.75) is 24.5 Å². The first-order chi connectivity index (χ1) is 17.0. The summed E-state index contributed by atoms with van der Waals surface area (Å²) in [5, 5.41) is 33.5. The Labute approximate surface area is 205 Å². The van der Waals surface area contributed by atoms with Gasteiger partial charge in [0, 0.05) is 23.1 Å². The summed E-state index contributed by atoms with van der Waals surface area (Å²) in [4.78, 5) is 52.2. The number of likely N-dealkylation sites (N-methyl/N-ethyl adjacent to an activating group) is 1. The van der Waals surface area contributed by atoms with Crippen LogP contribution in [0.25, 0.3) is 17.1 Å². The Morgan fingerprint density at radius 2 is 1.92 bits per heavy atom. The third-order valence-electron chi connectivity index (χ3n) is 7.58. The van der Waals surface area contributed by atoms with Crippen molar-refractivity contribution in [1.82, 2.24) is 4.90 Å². The normalized spacial score (nSPS) is 27.3. The highest BCUT2D eigenvalue weighted by Crippen LogP contribution is 2.52. The topological polar surface area (TPSA) is 171 Å². The van der Waals surface area contributed by atoms with Crippen molar-refractivity contribution in [1.29, 1.82) is 0 Å². The van der Waals surface area contributed by atoms with Gasteiger partial charge in [-0.05, 0) is 56.6 Å². The number of fused-ring (bicyclic) bond motifs is 3. The molecule has 186 valence electrons. The van der Waals surface area contributed by atoms with Gasteiger partial charge in [0.15, 0.2) is 11.9 Å². The van der Waals surface area contributed by atoms with Gasteiger partial charge in [-0.15, -0.1) is 0 Å². The van der Waals surface area contributed by atoms with Gasteiger partial charge >= 0.3 is 0 Å². The maximum absolute atomic E-state index is 13.8. The van der Waals surface area contributed by atoms with Crippen LogP contribution in [-0.2, 0) is 20.8 Å². The summed E-state index contributed by atoms with van der Waals surface area (Å²) in [6.07, 6.45) is 3.64. The first-order valence-electron chi connectivity index (χ1n) is 11.3. The summed E-state index contributed by atoms with van der Waals surface area (Å²) in [5.74, 6) is -5.36. The highest BCUT2D eigenvalue weighted by Gasteiger charge is 2.62. The molecule has 1 fully saturated rings. The number of carbonyl (C=O) groups excluding carboxylic acids is 4. The van der Waals surface area contributed by atoms with Crippen LogP contribution < -0.4 is 5.73 Å². The molecule has 4 atom stereocenters. The lowest BCUT2D eigenvalue weighted by atomic mass is 9.57. The molecule has 10 nitrogen and oxygen atoms in total. The van der Waals surface area contributed by atoms with Crippen LogP contribution in [0.3, 0.4) is 0 Å². The zero-order valence-electron chi connectivity index (χ0n) is 19.5. The van der Waals surface area contributed by atoms with Crippen LogP contribution in [0.2, 0.25) is 0 Å². The summed E-state index contributed by atoms with van der Waals surface area (Å²) in [6, 6.07) is 3.69. The first-order valence-corrected chi connectivity index (χ1v) is 11.3. The number of nitrogens with zero attached hydrogens (tertiary/aromatic N) is 1. The summed E-state index contributed by atoms with van der Waals surface area (Å²) in [7, 11) is 3.38. The number of nitrogens with two attached hydrogens (primary N) is 1. The molecule has 1 heterocycles.